The van der Waals surface area contributed by atoms with E-state index in [9.17, 15) is 4.79 Å². The number of carbonyl (C=O) groups excluding carboxylic acids is 1. The predicted octanol–water partition coefficient (Wildman–Crippen LogP) is 2.29. The number of piperidine rings is 1. The number of carbonyl (C=O) groups is 1. The van der Waals surface area contributed by atoms with E-state index in [-0.39, 0.29) is 31.9 Å². The fraction of sp³-hybridized carbons (Fsp3) is 0.500. The maximum Gasteiger partial charge on any atom is 0.316 e. The number of nitrogens with one attached hydrogen (secondary N) is 1. The van der Waals surface area contributed by atoms with Crippen molar-refractivity contribution in [3.05, 3.63) is 35.9 Å². The first-order chi connectivity index (χ1) is 9.71. The van der Waals surface area contributed by atoms with Gasteiger partial charge in [0.25, 0.3) is 0 Å². The van der Waals surface area contributed by atoms with Gasteiger partial charge in [0.05, 0.1) is 12.0 Å². The Morgan fingerprint density at radius 2 is 2.00 bits per heavy atom. The molecule has 1 saturated heterocycles. The maximum atomic E-state index is 12.5. The van der Waals surface area contributed by atoms with Crippen LogP contribution in [0.2, 0.25) is 0 Å². The molecule has 0 aromatic heterocycles. The van der Waals surface area contributed by atoms with Gasteiger partial charge in [-0.2, -0.15) is 0 Å². The Morgan fingerprint density at radius 3 is 2.56 bits per heavy atom. The summed E-state index contributed by atoms with van der Waals surface area (Å²) < 4.78 is 36.8. The van der Waals surface area contributed by atoms with Crippen molar-refractivity contribution in [1.29, 1.82) is 0 Å². The number of esters is 1. The molecule has 0 saturated carbocycles. The number of halogens is 1. The molecular weight excluding hydrogens is 250 g/mol. The van der Waals surface area contributed by atoms with Gasteiger partial charge in [0.15, 0.2) is 0 Å². The van der Waals surface area contributed by atoms with Crippen LogP contribution in [0.1, 0.15) is 30.8 Å². The van der Waals surface area contributed by atoms with Gasteiger partial charge in [0, 0.05) is 5.48 Å². The molecular formula is C14H20ClNO2. The molecule has 1 aromatic carbocycles. The highest BCUT2D eigenvalue weighted by Gasteiger charge is 2.42. The fourth-order valence-electron chi connectivity index (χ4n) is 2.01. The molecule has 1 N–H and O–H groups in total. The lowest BCUT2D eigenvalue weighted by Gasteiger charge is -2.35. The molecule has 1 aromatic rings. The zero-order chi connectivity index (χ0) is 15.7. The van der Waals surface area contributed by atoms with E-state index in [1.165, 1.54) is 0 Å². The zero-order valence-corrected chi connectivity index (χ0v) is 11.0. The molecule has 0 bridgehead atoms. The Morgan fingerprint density at radius 1 is 1.39 bits per heavy atom. The molecule has 4 heteroatoms. The Labute approximate surface area is 120 Å². The van der Waals surface area contributed by atoms with E-state index in [0.29, 0.717) is 5.56 Å². The molecule has 18 heavy (non-hydrogen) atoms. The smallest absolute Gasteiger partial charge is 0.316 e. The maximum absolute atomic E-state index is 12.5. The van der Waals surface area contributed by atoms with Gasteiger partial charge < -0.3 is 10.1 Å². The fourth-order valence-corrected chi connectivity index (χ4v) is 2.01. The van der Waals surface area contributed by atoms with Gasteiger partial charge in [-0.05, 0) is 38.3 Å². The highest BCUT2D eigenvalue weighted by atomic mass is 35.5. The van der Waals surface area contributed by atoms with Crippen LogP contribution in [0.25, 0.3) is 0 Å². The summed E-state index contributed by atoms with van der Waals surface area (Å²) in [7, 11) is 0. The number of ether oxygens (including phenoxy) is 1. The lowest BCUT2D eigenvalue weighted by molar-refractivity contribution is -0.151. The minimum atomic E-state index is -2.00. The monoisotopic (exact) mass is 273 g/mol. The summed E-state index contributed by atoms with van der Waals surface area (Å²) in [6.07, 6.45) is -0.329. The predicted molar refractivity (Wildman–Crippen MR) is 74.1 cm³/mol. The number of benzene rings is 1. The molecule has 1 aliphatic rings. The molecule has 1 aliphatic heterocycles. The van der Waals surface area contributed by atoms with E-state index >= 15 is 0 Å². The quantitative estimate of drug-likeness (QED) is 0.859. The Bertz CT molecular complexity index is 509. The van der Waals surface area contributed by atoms with E-state index in [4.69, 9.17) is 10.2 Å². The number of hydrogen-bond acceptors (Lipinski definition) is 3. The molecule has 0 atom stereocenters. The van der Waals surface area contributed by atoms with Crippen LogP contribution < -0.4 is 5.32 Å². The van der Waals surface area contributed by atoms with Crippen molar-refractivity contribution in [2.75, 3.05) is 19.6 Å². The summed E-state index contributed by atoms with van der Waals surface area (Å²) in [6, 6.07) is 8.74. The van der Waals surface area contributed by atoms with Crippen LogP contribution in [0.3, 0.4) is 0 Å². The first-order valence-corrected chi connectivity index (χ1v) is 5.73. The molecule has 2 rings (SSSR count). The SMILES string of the molecule is Cl.[2H]C1([2H])CC(C(=O)OCC)(c2ccccc2)CC([2H])([2H])N1. The van der Waals surface area contributed by atoms with Crippen LogP contribution in [-0.4, -0.2) is 25.6 Å². The van der Waals surface area contributed by atoms with Crippen LogP contribution in [0.15, 0.2) is 30.3 Å². The molecule has 1 heterocycles. The van der Waals surface area contributed by atoms with Crippen LogP contribution >= 0.6 is 12.4 Å². The van der Waals surface area contributed by atoms with Gasteiger partial charge in [-0.15, -0.1) is 12.4 Å². The zero-order valence-electron chi connectivity index (χ0n) is 14.2. The third kappa shape index (κ3) is 2.85. The molecule has 0 amide bonds. The van der Waals surface area contributed by atoms with Crippen molar-refractivity contribution in [2.45, 2.75) is 25.2 Å². The number of hydrogen-bond donors (Lipinski definition) is 1. The van der Waals surface area contributed by atoms with Crippen molar-refractivity contribution in [2.24, 2.45) is 0 Å². The van der Waals surface area contributed by atoms with Crippen LogP contribution in [0.4, 0.5) is 0 Å². The van der Waals surface area contributed by atoms with Crippen molar-refractivity contribution in [3.8, 4) is 0 Å². The average Bonchev–Trinajstić information content (AvgIpc) is 2.36. The van der Waals surface area contributed by atoms with E-state index in [1.807, 2.05) is 0 Å². The molecule has 0 unspecified atom stereocenters. The van der Waals surface area contributed by atoms with Crippen LogP contribution in [0.5, 0.6) is 0 Å². The second-order valence-corrected chi connectivity index (χ2v) is 4.00. The summed E-state index contributed by atoms with van der Waals surface area (Å²) >= 11 is 0. The third-order valence-electron chi connectivity index (χ3n) is 2.95. The summed E-state index contributed by atoms with van der Waals surface area (Å²) in [5, 5.41) is 2.31. The Hall–Kier alpha value is -1.06. The first kappa shape index (κ1) is 9.82. The standard InChI is InChI=1S/C14H19NO2.ClH/c1-2-17-13(16)14(8-10-15-11-9-14)12-6-4-3-5-7-12;/h3-7,15H,2,8-11H2,1H3;1H/i10D2,11D2;. The van der Waals surface area contributed by atoms with Crippen LogP contribution in [-0.2, 0) is 14.9 Å². The summed E-state index contributed by atoms with van der Waals surface area (Å²) in [5.74, 6) is -0.578. The second-order valence-electron chi connectivity index (χ2n) is 4.00. The van der Waals surface area contributed by atoms with Gasteiger partial charge in [-0.25, -0.2) is 0 Å². The highest BCUT2D eigenvalue weighted by molar-refractivity contribution is 5.85. The molecule has 1 fully saturated rings. The molecule has 0 aliphatic carbocycles. The summed E-state index contributed by atoms with van der Waals surface area (Å²) in [4.78, 5) is 12.5. The topological polar surface area (TPSA) is 38.3 Å². The lowest BCUT2D eigenvalue weighted by Crippen LogP contribution is -2.46. The average molecular weight is 274 g/mol. The van der Waals surface area contributed by atoms with E-state index in [2.05, 4.69) is 5.32 Å². The second kappa shape index (κ2) is 6.76. The minimum absolute atomic E-state index is 0. The van der Waals surface area contributed by atoms with Gasteiger partial charge in [-0.1, -0.05) is 30.3 Å². The molecule has 0 radical (unpaired) electrons. The Balaban J connectivity index is 0.00000242. The van der Waals surface area contributed by atoms with Crippen molar-refractivity contribution in [3.63, 3.8) is 0 Å². The lowest BCUT2D eigenvalue weighted by atomic mass is 9.73. The van der Waals surface area contributed by atoms with Gasteiger partial charge in [0.2, 0.25) is 0 Å². The molecule has 0 spiro atoms. The Kier molecular flexibility index (Phi) is 3.69. The molecule has 3 nitrogen and oxygen atoms in total. The number of rotatable bonds is 3. The van der Waals surface area contributed by atoms with Gasteiger partial charge in [-0.3, -0.25) is 4.79 Å². The largest absolute Gasteiger partial charge is 0.465 e. The van der Waals surface area contributed by atoms with Crippen LogP contribution in [0, 0.1) is 0 Å². The first-order valence-electron chi connectivity index (χ1n) is 7.73. The van der Waals surface area contributed by atoms with Crippen molar-refractivity contribution in [1.82, 2.24) is 5.32 Å². The van der Waals surface area contributed by atoms with Crippen molar-refractivity contribution >= 4 is 18.4 Å². The van der Waals surface area contributed by atoms with Gasteiger partial charge in [0.1, 0.15) is 0 Å². The minimum Gasteiger partial charge on any atom is -0.465 e. The van der Waals surface area contributed by atoms with E-state index in [0.717, 1.165) is 0 Å². The summed E-state index contributed by atoms with van der Waals surface area (Å²) in [5.41, 5.74) is -0.743. The van der Waals surface area contributed by atoms with Gasteiger partial charge >= 0.3 is 5.97 Å². The van der Waals surface area contributed by atoms with E-state index < -0.39 is 24.4 Å². The summed E-state index contributed by atoms with van der Waals surface area (Å²) in [6.45, 7) is -2.14. The normalized spacial score (nSPS) is 26.5. The van der Waals surface area contributed by atoms with Crippen molar-refractivity contribution < 1.29 is 15.0 Å². The third-order valence-corrected chi connectivity index (χ3v) is 2.95. The van der Waals surface area contributed by atoms with E-state index in [1.54, 1.807) is 37.3 Å². The highest BCUT2D eigenvalue weighted by Crippen LogP contribution is 2.34. The molecule has 100 valence electrons.